The van der Waals surface area contributed by atoms with E-state index in [2.05, 4.69) is 10.3 Å². The zero-order valence-corrected chi connectivity index (χ0v) is 13.2. The number of nitrogens with one attached hydrogen (secondary N) is 1. The number of hydrogen-bond donors (Lipinski definition) is 2. The van der Waals surface area contributed by atoms with Gasteiger partial charge >= 0.3 is 5.97 Å². The number of amides is 1. The quantitative estimate of drug-likeness (QED) is 0.891. The maximum atomic E-state index is 12.8. The van der Waals surface area contributed by atoms with Crippen LogP contribution in [0.4, 0.5) is 5.82 Å². The van der Waals surface area contributed by atoms with Gasteiger partial charge in [-0.2, -0.15) is 0 Å². The molecular formula is C17H23N3O3. The highest BCUT2D eigenvalue weighted by molar-refractivity contribution is 5.87. The Balaban J connectivity index is 1.68. The summed E-state index contributed by atoms with van der Waals surface area (Å²) < 4.78 is 0. The summed E-state index contributed by atoms with van der Waals surface area (Å²) in [5.41, 5.74) is -0.0117. The Bertz CT molecular complexity index is 584. The van der Waals surface area contributed by atoms with Crippen LogP contribution in [-0.2, 0) is 4.79 Å². The van der Waals surface area contributed by atoms with Crippen LogP contribution >= 0.6 is 0 Å². The number of pyridine rings is 1. The van der Waals surface area contributed by atoms with Crippen molar-refractivity contribution in [1.29, 1.82) is 0 Å². The van der Waals surface area contributed by atoms with Crippen molar-refractivity contribution in [3.8, 4) is 0 Å². The topological polar surface area (TPSA) is 82.5 Å². The van der Waals surface area contributed by atoms with Gasteiger partial charge in [-0.05, 0) is 37.8 Å². The van der Waals surface area contributed by atoms with Gasteiger partial charge in [-0.3, -0.25) is 4.79 Å². The van der Waals surface area contributed by atoms with Crippen molar-refractivity contribution in [3.63, 3.8) is 0 Å². The molecule has 1 aliphatic heterocycles. The van der Waals surface area contributed by atoms with Crippen molar-refractivity contribution >= 4 is 17.7 Å². The molecule has 1 unspecified atom stereocenters. The summed E-state index contributed by atoms with van der Waals surface area (Å²) in [4.78, 5) is 29.9. The summed E-state index contributed by atoms with van der Waals surface area (Å²) in [6.45, 7) is 0.838. The number of carboxylic acid groups (broad SMARTS) is 1. The molecule has 2 N–H and O–H groups in total. The van der Waals surface area contributed by atoms with Crippen molar-refractivity contribution in [2.45, 2.75) is 57.0 Å². The lowest BCUT2D eigenvalue weighted by Gasteiger charge is -2.40. The summed E-state index contributed by atoms with van der Waals surface area (Å²) in [5.74, 6) is -0.480. The Morgan fingerprint density at radius 1 is 1.17 bits per heavy atom. The fourth-order valence-electron chi connectivity index (χ4n) is 3.60. The lowest BCUT2D eigenvalue weighted by atomic mass is 9.91. The predicted octanol–water partition coefficient (Wildman–Crippen LogP) is 2.52. The van der Waals surface area contributed by atoms with E-state index in [-0.39, 0.29) is 17.6 Å². The van der Waals surface area contributed by atoms with E-state index in [1.165, 1.54) is 25.3 Å². The molecule has 2 fully saturated rings. The van der Waals surface area contributed by atoms with E-state index in [9.17, 15) is 9.59 Å². The van der Waals surface area contributed by atoms with Crippen molar-refractivity contribution in [2.75, 3.05) is 11.9 Å². The molecule has 0 radical (unpaired) electrons. The largest absolute Gasteiger partial charge is 0.477 e. The van der Waals surface area contributed by atoms with E-state index < -0.39 is 5.97 Å². The van der Waals surface area contributed by atoms with Crippen LogP contribution in [0.2, 0.25) is 0 Å². The molecule has 2 aliphatic rings. The highest BCUT2D eigenvalue weighted by Gasteiger charge is 2.33. The number of rotatable bonds is 4. The van der Waals surface area contributed by atoms with Crippen molar-refractivity contribution in [2.24, 2.45) is 0 Å². The summed E-state index contributed by atoms with van der Waals surface area (Å²) in [7, 11) is 0. The Labute approximate surface area is 135 Å². The molecule has 0 spiro atoms. The third kappa shape index (κ3) is 3.63. The van der Waals surface area contributed by atoms with E-state index in [1.807, 2.05) is 4.90 Å². The summed E-state index contributed by atoms with van der Waals surface area (Å²) in [6.07, 6.45) is 7.62. The van der Waals surface area contributed by atoms with Crippen LogP contribution in [0.5, 0.6) is 0 Å². The molecule has 1 saturated heterocycles. The Hall–Kier alpha value is -2.11. The molecule has 6 heteroatoms. The van der Waals surface area contributed by atoms with Gasteiger partial charge in [0, 0.05) is 12.6 Å². The van der Waals surface area contributed by atoms with Crippen LogP contribution in [0, 0.1) is 0 Å². The summed E-state index contributed by atoms with van der Waals surface area (Å²) in [6, 6.07) is 4.87. The van der Waals surface area contributed by atoms with Gasteiger partial charge in [0.25, 0.3) is 0 Å². The fourth-order valence-corrected chi connectivity index (χ4v) is 3.60. The maximum Gasteiger partial charge on any atom is 0.354 e. The van der Waals surface area contributed by atoms with Gasteiger partial charge in [-0.25, -0.2) is 9.78 Å². The molecular weight excluding hydrogens is 294 g/mol. The van der Waals surface area contributed by atoms with Gasteiger partial charge in [0.1, 0.15) is 11.9 Å². The molecule has 124 valence electrons. The van der Waals surface area contributed by atoms with Crippen LogP contribution in [0.25, 0.3) is 0 Å². The molecule has 1 aliphatic carbocycles. The van der Waals surface area contributed by atoms with Crippen molar-refractivity contribution in [3.05, 3.63) is 23.9 Å². The van der Waals surface area contributed by atoms with E-state index >= 15 is 0 Å². The number of carboxylic acids is 1. The van der Waals surface area contributed by atoms with Crippen LogP contribution in [-0.4, -0.2) is 45.5 Å². The standard InChI is InChI=1S/C17H23N3O3/c21-16-13(18-15-10-4-8-14(19-15)17(22)23)9-5-11-20(16)12-6-2-1-3-7-12/h4,8,10,12-13H,1-3,5-7,9,11H2,(H,18,19)(H,22,23). The second-order valence-corrected chi connectivity index (χ2v) is 6.38. The first-order chi connectivity index (χ1) is 11.1. The first kappa shape index (κ1) is 15.8. The number of hydrogen-bond acceptors (Lipinski definition) is 4. The van der Waals surface area contributed by atoms with Crippen molar-refractivity contribution in [1.82, 2.24) is 9.88 Å². The van der Waals surface area contributed by atoms with Gasteiger partial charge in [-0.1, -0.05) is 25.3 Å². The molecule has 1 atom stereocenters. The minimum absolute atomic E-state index is 0.0117. The third-order valence-corrected chi connectivity index (χ3v) is 4.78. The maximum absolute atomic E-state index is 12.8. The summed E-state index contributed by atoms with van der Waals surface area (Å²) in [5, 5.41) is 12.1. The molecule has 1 saturated carbocycles. The summed E-state index contributed by atoms with van der Waals surface area (Å²) >= 11 is 0. The SMILES string of the molecule is O=C(O)c1cccc(NC2CCCN(C3CCCCC3)C2=O)n1. The minimum atomic E-state index is -1.06. The number of aromatic carboxylic acids is 1. The molecule has 1 aromatic rings. The average Bonchev–Trinajstić information content (AvgIpc) is 2.58. The molecule has 0 aromatic carbocycles. The lowest BCUT2D eigenvalue weighted by molar-refractivity contribution is -0.137. The average molecular weight is 317 g/mol. The van der Waals surface area contributed by atoms with Gasteiger partial charge in [0.05, 0.1) is 0 Å². The first-order valence-corrected chi connectivity index (χ1v) is 8.42. The number of anilines is 1. The lowest BCUT2D eigenvalue weighted by Crippen LogP contribution is -2.52. The monoisotopic (exact) mass is 317 g/mol. The smallest absolute Gasteiger partial charge is 0.354 e. The molecule has 1 amide bonds. The van der Waals surface area contributed by atoms with Crippen LogP contribution in [0.1, 0.15) is 55.4 Å². The number of piperidine rings is 1. The third-order valence-electron chi connectivity index (χ3n) is 4.78. The highest BCUT2D eigenvalue weighted by Crippen LogP contribution is 2.26. The van der Waals surface area contributed by atoms with Crippen LogP contribution < -0.4 is 5.32 Å². The Kier molecular flexibility index (Phi) is 4.79. The van der Waals surface area contributed by atoms with E-state index in [0.29, 0.717) is 11.9 Å². The number of aromatic nitrogens is 1. The van der Waals surface area contributed by atoms with Crippen molar-refractivity contribution < 1.29 is 14.7 Å². The second kappa shape index (κ2) is 6.98. The zero-order valence-electron chi connectivity index (χ0n) is 13.2. The number of carbonyl (C=O) groups is 2. The fraction of sp³-hybridized carbons (Fsp3) is 0.588. The predicted molar refractivity (Wildman–Crippen MR) is 86.4 cm³/mol. The van der Waals surface area contributed by atoms with Gasteiger partial charge in [-0.15, -0.1) is 0 Å². The molecule has 23 heavy (non-hydrogen) atoms. The number of likely N-dealkylation sites (tertiary alicyclic amines) is 1. The molecule has 1 aromatic heterocycles. The second-order valence-electron chi connectivity index (χ2n) is 6.38. The van der Waals surface area contributed by atoms with Gasteiger partial charge in [0.2, 0.25) is 5.91 Å². The zero-order chi connectivity index (χ0) is 16.2. The normalized spacial score (nSPS) is 22.9. The Morgan fingerprint density at radius 3 is 2.70 bits per heavy atom. The van der Waals surface area contributed by atoms with Gasteiger partial charge < -0.3 is 15.3 Å². The van der Waals surface area contributed by atoms with E-state index in [0.717, 1.165) is 32.2 Å². The number of carbonyl (C=O) groups excluding carboxylic acids is 1. The minimum Gasteiger partial charge on any atom is -0.477 e. The van der Waals surface area contributed by atoms with E-state index in [1.54, 1.807) is 12.1 Å². The van der Waals surface area contributed by atoms with E-state index in [4.69, 9.17) is 5.11 Å². The first-order valence-electron chi connectivity index (χ1n) is 8.42. The molecule has 2 heterocycles. The van der Waals surface area contributed by atoms with Gasteiger partial charge in [0.15, 0.2) is 5.69 Å². The molecule has 3 rings (SSSR count). The van der Waals surface area contributed by atoms with Crippen LogP contribution in [0.15, 0.2) is 18.2 Å². The Morgan fingerprint density at radius 2 is 1.96 bits per heavy atom. The van der Waals surface area contributed by atoms with Crippen LogP contribution in [0.3, 0.4) is 0 Å². The number of nitrogens with zero attached hydrogens (tertiary/aromatic N) is 2. The molecule has 6 nitrogen and oxygen atoms in total. The highest BCUT2D eigenvalue weighted by atomic mass is 16.4. The molecule has 0 bridgehead atoms.